The number of aromatic amines is 4. The van der Waals surface area contributed by atoms with E-state index in [-0.39, 0.29) is 0 Å². The highest BCUT2D eigenvalue weighted by molar-refractivity contribution is 6.02. The van der Waals surface area contributed by atoms with E-state index in [0.717, 1.165) is 145 Å². The second-order valence-corrected chi connectivity index (χ2v) is 18.4. The van der Waals surface area contributed by atoms with Crippen LogP contribution in [0, 0.1) is 0 Å². The summed E-state index contributed by atoms with van der Waals surface area (Å²) < 4.78 is 0. The lowest BCUT2D eigenvalue weighted by Gasteiger charge is -2.09. The molecule has 14 rings (SSSR count). The predicted molar refractivity (Wildman–Crippen MR) is 301 cm³/mol. The second-order valence-electron chi connectivity index (χ2n) is 18.4. The molecule has 6 aromatic heterocycles. The third-order valence-corrected chi connectivity index (χ3v) is 14.1. The largest absolute Gasteiger partial charge is 0.354 e. The Labute approximate surface area is 415 Å². The van der Waals surface area contributed by atoms with Gasteiger partial charge in [0.05, 0.1) is 22.8 Å². The second kappa shape index (κ2) is 17.0. The third-order valence-electron chi connectivity index (χ3n) is 14.1. The van der Waals surface area contributed by atoms with E-state index in [1.807, 2.05) is 0 Å². The fraction of sp³-hybridized carbons (Fsp3) is 0. The first-order valence-electron chi connectivity index (χ1n) is 24.4. The van der Waals surface area contributed by atoms with E-state index >= 15 is 0 Å². The highest BCUT2D eigenvalue weighted by Crippen LogP contribution is 2.40. The summed E-state index contributed by atoms with van der Waals surface area (Å²) in [5.74, 6) is 0. The van der Waals surface area contributed by atoms with Crippen molar-refractivity contribution in [2.24, 2.45) is 0 Å². The molecule has 0 spiro atoms. The Hall–Kier alpha value is -9.78. The van der Waals surface area contributed by atoms with Crippen LogP contribution < -0.4 is 0 Å². The molecule has 6 aromatic carbocycles. The van der Waals surface area contributed by atoms with Crippen LogP contribution in [0.1, 0.15) is 22.8 Å². The van der Waals surface area contributed by atoms with Gasteiger partial charge in [0, 0.05) is 77.5 Å². The Kier molecular flexibility index (Phi) is 9.74. The van der Waals surface area contributed by atoms with Crippen LogP contribution in [-0.2, 0) is 0 Å². The molecule has 2 aliphatic heterocycles. The van der Waals surface area contributed by atoms with E-state index in [0.29, 0.717) is 0 Å². The molecule has 8 heterocycles. The maximum absolute atomic E-state index is 5.39. The minimum absolute atomic E-state index is 0.905. The summed E-state index contributed by atoms with van der Waals surface area (Å²) in [6, 6.07) is 77.6. The molecule has 0 saturated heterocycles. The summed E-state index contributed by atoms with van der Waals surface area (Å²) in [7, 11) is 0. The van der Waals surface area contributed by atoms with Crippen LogP contribution in [0.2, 0.25) is 0 Å². The van der Waals surface area contributed by atoms with Crippen molar-refractivity contribution in [3.05, 3.63) is 241 Å². The smallest absolute Gasteiger partial charge is 0.0737 e. The van der Waals surface area contributed by atoms with Crippen LogP contribution in [0.5, 0.6) is 0 Å². The van der Waals surface area contributed by atoms with Crippen molar-refractivity contribution >= 4 is 68.4 Å². The summed E-state index contributed by atoms with van der Waals surface area (Å²) >= 11 is 0. The van der Waals surface area contributed by atoms with Crippen molar-refractivity contribution in [3.8, 4) is 77.9 Å². The molecule has 338 valence electrons. The number of hydrogen-bond acceptors (Lipinski definition) is 2. The van der Waals surface area contributed by atoms with Crippen LogP contribution in [0.25, 0.3) is 146 Å². The number of H-pyrrole nitrogens is 4. The molecule has 2 aliphatic rings. The molecule has 72 heavy (non-hydrogen) atoms. The lowest BCUT2D eigenvalue weighted by molar-refractivity contribution is 1.32. The van der Waals surface area contributed by atoms with Gasteiger partial charge in [-0.3, -0.25) is 0 Å². The highest BCUT2D eigenvalue weighted by atomic mass is 14.8. The van der Waals surface area contributed by atoms with Gasteiger partial charge < -0.3 is 19.9 Å². The Morgan fingerprint density at radius 1 is 0.181 bits per heavy atom. The zero-order valence-corrected chi connectivity index (χ0v) is 39.0. The molecular weight excluding hydrogens is 877 g/mol. The van der Waals surface area contributed by atoms with Gasteiger partial charge in [0.1, 0.15) is 0 Å². The van der Waals surface area contributed by atoms with Crippen molar-refractivity contribution in [1.29, 1.82) is 0 Å². The molecule has 12 aromatic rings. The van der Waals surface area contributed by atoms with Crippen LogP contribution in [0.4, 0.5) is 0 Å². The van der Waals surface area contributed by atoms with Crippen LogP contribution >= 0.6 is 0 Å². The van der Waals surface area contributed by atoms with Gasteiger partial charge in [-0.05, 0) is 117 Å². The Bertz CT molecular complexity index is 3990. The molecule has 6 heteroatoms. The zero-order valence-electron chi connectivity index (χ0n) is 39.0. The molecule has 4 N–H and O–H groups in total. The number of nitrogens with zero attached hydrogens (tertiary/aromatic N) is 2. The van der Waals surface area contributed by atoms with Crippen molar-refractivity contribution in [2.75, 3.05) is 0 Å². The minimum atomic E-state index is 0.905. The summed E-state index contributed by atoms with van der Waals surface area (Å²) in [5.41, 5.74) is 27.1. The quantitative estimate of drug-likeness (QED) is 0.128. The minimum Gasteiger partial charge on any atom is -0.354 e. The first-order valence-corrected chi connectivity index (χ1v) is 24.4. The standard InChI is InChI=1S/C66H44N6/c1-5-13-43(14-6-1)61-49-29-30-50(67-49)62(44-15-7-2-8-16-44)54-34-38-58(70-54)65(57-37-33-53(61)69-57)47-25-21-41(22-26-47)42-23-27-48(28-24-42)66-59-39-35-55(71-59)63(45-17-9-3-10-18-45)51-31-32-52(68-51)64(46-19-11-4-12-20-46)56-36-40-60(66)72-56/h1-40,67-69,71H. The van der Waals surface area contributed by atoms with Crippen molar-refractivity contribution in [3.63, 3.8) is 0 Å². The maximum atomic E-state index is 5.39. The summed E-state index contributed by atoms with van der Waals surface area (Å²) in [4.78, 5) is 26.0. The molecule has 0 atom stereocenters. The van der Waals surface area contributed by atoms with Gasteiger partial charge in [0.25, 0.3) is 0 Å². The topological polar surface area (TPSA) is 88.9 Å². The van der Waals surface area contributed by atoms with Crippen molar-refractivity contribution < 1.29 is 0 Å². The predicted octanol–water partition coefficient (Wildman–Crippen LogP) is 17.3. The monoisotopic (exact) mass is 920 g/mol. The molecule has 0 aliphatic carbocycles. The first kappa shape index (κ1) is 41.2. The summed E-state index contributed by atoms with van der Waals surface area (Å²) in [6.07, 6.45) is 8.60. The third kappa shape index (κ3) is 7.12. The average Bonchev–Trinajstić information content (AvgIpc) is 4.32. The lowest BCUT2D eigenvalue weighted by atomic mass is 9.97. The van der Waals surface area contributed by atoms with Gasteiger partial charge >= 0.3 is 0 Å². The molecule has 0 fully saturated rings. The van der Waals surface area contributed by atoms with Crippen molar-refractivity contribution in [2.45, 2.75) is 0 Å². The fourth-order valence-electron chi connectivity index (χ4n) is 10.8. The summed E-state index contributed by atoms with van der Waals surface area (Å²) in [5, 5.41) is 0. The van der Waals surface area contributed by atoms with E-state index in [2.05, 4.69) is 263 Å². The van der Waals surface area contributed by atoms with Gasteiger partial charge in [-0.25, -0.2) is 9.97 Å². The van der Waals surface area contributed by atoms with Gasteiger partial charge in [-0.15, -0.1) is 0 Å². The van der Waals surface area contributed by atoms with E-state index in [4.69, 9.17) is 9.97 Å². The molecular formula is C66H44N6. The molecule has 12 bridgehead atoms. The number of hydrogen-bond donors (Lipinski definition) is 4. The Balaban J connectivity index is 0.899. The Morgan fingerprint density at radius 3 is 0.625 bits per heavy atom. The highest BCUT2D eigenvalue weighted by Gasteiger charge is 2.20. The summed E-state index contributed by atoms with van der Waals surface area (Å²) in [6.45, 7) is 0. The molecule has 0 radical (unpaired) electrons. The zero-order chi connectivity index (χ0) is 47.5. The van der Waals surface area contributed by atoms with E-state index in [1.165, 1.54) is 0 Å². The van der Waals surface area contributed by atoms with Crippen molar-refractivity contribution in [1.82, 2.24) is 29.9 Å². The molecule has 0 saturated carbocycles. The number of nitrogens with one attached hydrogen (secondary N) is 4. The van der Waals surface area contributed by atoms with E-state index in [9.17, 15) is 0 Å². The van der Waals surface area contributed by atoms with Crippen LogP contribution in [0.3, 0.4) is 0 Å². The normalized spacial score (nSPS) is 12.1. The van der Waals surface area contributed by atoms with Gasteiger partial charge in [0.2, 0.25) is 0 Å². The number of benzene rings is 6. The molecule has 6 nitrogen and oxygen atoms in total. The number of rotatable bonds is 7. The number of aromatic nitrogens is 6. The van der Waals surface area contributed by atoms with E-state index < -0.39 is 0 Å². The average molecular weight is 921 g/mol. The maximum Gasteiger partial charge on any atom is 0.0737 e. The van der Waals surface area contributed by atoms with Crippen LogP contribution in [-0.4, -0.2) is 29.9 Å². The first-order chi connectivity index (χ1) is 35.7. The number of fused-ring (bicyclic) bond motifs is 12. The van der Waals surface area contributed by atoms with Gasteiger partial charge in [-0.1, -0.05) is 170 Å². The Morgan fingerprint density at radius 2 is 0.375 bits per heavy atom. The SMILES string of the molecule is C1=Cc2nc1c(-c1ccccc1)c1ccc([nH]1)c(-c1ccccc1)c1ccc([nH]1)c2-c1ccc(-c2ccc(-c3c4nc(c(-c5ccccc5)c5ccc([nH]5)c(-c5ccccc5)c5ccc3[nH]5)C=C4)cc2)cc1. The lowest BCUT2D eigenvalue weighted by Crippen LogP contribution is -1.89. The van der Waals surface area contributed by atoms with Crippen LogP contribution in [0.15, 0.2) is 218 Å². The van der Waals surface area contributed by atoms with Gasteiger partial charge in [-0.2, -0.15) is 0 Å². The fourth-order valence-corrected chi connectivity index (χ4v) is 10.8. The van der Waals surface area contributed by atoms with E-state index in [1.54, 1.807) is 0 Å². The van der Waals surface area contributed by atoms with Gasteiger partial charge in [0.15, 0.2) is 0 Å². The molecule has 0 amide bonds. The molecule has 0 unspecified atom stereocenters.